The smallest absolute Gasteiger partial charge is 0.123 e. The van der Waals surface area contributed by atoms with Gasteiger partial charge in [-0.15, -0.1) is 0 Å². The molecule has 0 aromatic heterocycles. The third kappa shape index (κ3) is 3.60. The summed E-state index contributed by atoms with van der Waals surface area (Å²) in [4.78, 5) is 0. The highest BCUT2D eigenvalue weighted by Gasteiger charge is 2.23. The third-order valence-corrected chi connectivity index (χ3v) is 2.87. The maximum Gasteiger partial charge on any atom is 0.123 e. The lowest BCUT2D eigenvalue weighted by Crippen LogP contribution is -2.21. The number of hydrogen-bond donors (Lipinski definition) is 1. The Hall–Kier alpha value is -1.28. The molecule has 0 heterocycles. The van der Waals surface area contributed by atoms with E-state index in [4.69, 9.17) is 4.74 Å². The van der Waals surface area contributed by atoms with Gasteiger partial charge < -0.3 is 9.84 Å². The maximum absolute atomic E-state index is 9.91. The van der Waals surface area contributed by atoms with Crippen LogP contribution >= 0.6 is 0 Å². The molecule has 0 bridgehead atoms. The Morgan fingerprint density at radius 3 is 2.47 bits per heavy atom. The zero-order valence-electron chi connectivity index (χ0n) is 10.9. The van der Waals surface area contributed by atoms with Crippen molar-refractivity contribution in [3.8, 4) is 5.75 Å². The first kappa shape index (κ1) is 13.8. The predicted octanol–water partition coefficient (Wildman–Crippen LogP) is 3.37. The van der Waals surface area contributed by atoms with E-state index in [0.29, 0.717) is 12.5 Å². The van der Waals surface area contributed by atoms with E-state index in [9.17, 15) is 5.11 Å². The van der Waals surface area contributed by atoms with Crippen molar-refractivity contribution in [3.63, 3.8) is 0 Å². The average Bonchev–Trinajstić information content (AvgIpc) is 2.27. The fraction of sp³-hybridized carbons (Fsp3) is 0.467. The second-order valence-corrected chi connectivity index (χ2v) is 4.65. The standard InChI is InChI=1S/C15H22O2/c1-5-10-17-14-9-7-6-8-13(14)15(11(2)3)12(4)16/h5-9,11-12,15-16H,1,10H2,2-4H3. The molecule has 0 radical (unpaired) electrons. The Morgan fingerprint density at radius 2 is 1.94 bits per heavy atom. The van der Waals surface area contributed by atoms with Gasteiger partial charge in [0.1, 0.15) is 12.4 Å². The second-order valence-electron chi connectivity index (χ2n) is 4.65. The van der Waals surface area contributed by atoms with E-state index in [-0.39, 0.29) is 12.0 Å². The Morgan fingerprint density at radius 1 is 1.29 bits per heavy atom. The molecule has 0 aliphatic rings. The predicted molar refractivity (Wildman–Crippen MR) is 71.4 cm³/mol. The molecule has 94 valence electrons. The first-order valence-electron chi connectivity index (χ1n) is 6.08. The van der Waals surface area contributed by atoms with Gasteiger partial charge in [0.2, 0.25) is 0 Å². The molecule has 0 aliphatic heterocycles. The van der Waals surface area contributed by atoms with Gasteiger partial charge in [0.15, 0.2) is 0 Å². The van der Waals surface area contributed by atoms with Crippen molar-refractivity contribution < 1.29 is 9.84 Å². The minimum absolute atomic E-state index is 0.0935. The van der Waals surface area contributed by atoms with Gasteiger partial charge in [-0.1, -0.05) is 44.7 Å². The normalized spacial score (nSPS) is 14.4. The molecule has 1 rings (SSSR count). The summed E-state index contributed by atoms with van der Waals surface area (Å²) in [7, 11) is 0. The summed E-state index contributed by atoms with van der Waals surface area (Å²) >= 11 is 0. The topological polar surface area (TPSA) is 29.5 Å². The number of rotatable bonds is 6. The fourth-order valence-electron chi connectivity index (χ4n) is 2.21. The molecule has 2 heteroatoms. The lowest BCUT2D eigenvalue weighted by atomic mass is 9.84. The monoisotopic (exact) mass is 234 g/mol. The van der Waals surface area contributed by atoms with Gasteiger partial charge in [0.05, 0.1) is 6.10 Å². The average molecular weight is 234 g/mol. The van der Waals surface area contributed by atoms with Crippen LogP contribution in [0.2, 0.25) is 0 Å². The first-order chi connectivity index (χ1) is 8.07. The zero-order valence-corrected chi connectivity index (χ0v) is 10.9. The molecule has 1 aromatic carbocycles. The molecule has 0 saturated heterocycles. The van der Waals surface area contributed by atoms with E-state index in [1.165, 1.54) is 0 Å². The van der Waals surface area contributed by atoms with Crippen LogP contribution < -0.4 is 4.74 Å². The van der Waals surface area contributed by atoms with Crippen LogP contribution in [0.5, 0.6) is 5.75 Å². The summed E-state index contributed by atoms with van der Waals surface area (Å²) in [6.45, 7) is 10.2. The van der Waals surface area contributed by atoms with E-state index in [1.807, 2.05) is 31.2 Å². The molecule has 2 unspecified atom stereocenters. The highest BCUT2D eigenvalue weighted by Crippen LogP contribution is 2.34. The molecule has 2 atom stereocenters. The number of para-hydroxylation sites is 1. The zero-order chi connectivity index (χ0) is 12.8. The molecule has 1 N–H and O–H groups in total. The van der Waals surface area contributed by atoms with Crippen LogP contribution in [0, 0.1) is 5.92 Å². The SMILES string of the molecule is C=CCOc1ccccc1C(C(C)C)C(C)O. The summed E-state index contributed by atoms with van der Waals surface area (Å²) in [5.41, 5.74) is 1.07. The van der Waals surface area contributed by atoms with Crippen molar-refractivity contribution in [2.75, 3.05) is 6.61 Å². The van der Waals surface area contributed by atoms with Crippen molar-refractivity contribution in [1.29, 1.82) is 0 Å². The van der Waals surface area contributed by atoms with Gasteiger partial charge in [0, 0.05) is 11.5 Å². The van der Waals surface area contributed by atoms with Gasteiger partial charge in [-0.2, -0.15) is 0 Å². The van der Waals surface area contributed by atoms with Gasteiger partial charge in [0.25, 0.3) is 0 Å². The van der Waals surface area contributed by atoms with Crippen LogP contribution in [0.3, 0.4) is 0 Å². The van der Waals surface area contributed by atoms with Crippen LogP contribution in [0.1, 0.15) is 32.3 Å². The summed E-state index contributed by atoms with van der Waals surface area (Å²) in [6.07, 6.45) is 1.34. The first-order valence-corrected chi connectivity index (χ1v) is 6.08. The number of ether oxygens (including phenoxy) is 1. The van der Waals surface area contributed by atoms with Crippen molar-refractivity contribution >= 4 is 0 Å². The van der Waals surface area contributed by atoms with Crippen LogP contribution in [0.25, 0.3) is 0 Å². The van der Waals surface area contributed by atoms with Crippen molar-refractivity contribution in [1.82, 2.24) is 0 Å². The molecule has 1 aromatic rings. The van der Waals surface area contributed by atoms with Crippen LogP contribution in [0.15, 0.2) is 36.9 Å². The second kappa shape index (κ2) is 6.45. The lowest BCUT2D eigenvalue weighted by molar-refractivity contribution is 0.138. The van der Waals surface area contributed by atoms with E-state index < -0.39 is 0 Å². The van der Waals surface area contributed by atoms with E-state index in [0.717, 1.165) is 11.3 Å². The fourth-order valence-corrected chi connectivity index (χ4v) is 2.21. The molecule has 0 fully saturated rings. The number of aliphatic hydroxyl groups is 1. The molecular formula is C15H22O2. The van der Waals surface area contributed by atoms with Crippen molar-refractivity contribution in [3.05, 3.63) is 42.5 Å². The Labute approximate surface area is 104 Å². The minimum atomic E-state index is -0.386. The largest absolute Gasteiger partial charge is 0.489 e. The van der Waals surface area contributed by atoms with Gasteiger partial charge in [-0.05, 0) is 18.9 Å². The van der Waals surface area contributed by atoms with Crippen LogP contribution in [-0.4, -0.2) is 17.8 Å². The van der Waals surface area contributed by atoms with Gasteiger partial charge in [-0.25, -0.2) is 0 Å². The van der Waals surface area contributed by atoms with Crippen molar-refractivity contribution in [2.24, 2.45) is 5.92 Å². The molecule has 0 amide bonds. The Balaban J connectivity index is 3.04. The quantitative estimate of drug-likeness (QED) is 0.765. The lowest BCUT2D eigenvalue weighted by Gasteiger charge is -2.26. The molecule has 0 saturated carbocycles. The number of hydrogen-bond acceptors (Lipinski definition) is 2. The highest BCUT2D eigenvalue weighted by atomic mass is 16.5. The van der Waals surface area contributed by atoms with Gasteiger partial charge >= 0.3 is 0 Å². The highest BCUT2D eigenvalue weighted by molar-refractivity contribution is 5.37. The summed E-state index contributed by atoms with van der Waals surface area (Å²) in [5, 5.41) is 9.91. The Kier molecular flexibility index (Phi) is 5.23. The summed E-state index contributed by atoms with van der Waals surface area (Å²) in [5.74, 6) is 1.30. The van der Waals surface area contributed by atoms with Gasteiger partial charge in [-0.3, -0.25) is 0 Å². The van der Waals surface area contributed by atoms with E-state index >= 15 is 0 Å². The number of benzene rings is 1. The van der Waals surface area contributed by atoms with Crippen LogP contribution in [-0.2, 0) is 0 Å². The molecule has 17 heavy (non-hydrogen) atoms. The number of aliphatic hydroxyl groups excluding tert-OH is 1. The molecule has 2 nitrogen and oxygen atoms in total. The molecule has 0 spiro atoms. The minimum Gasteiger partial charge on any atom is -0.489 e. The molecule has 0 aliphatic carbocycles. The summed E-state index contributed by atoms with van der Waals surface area (Å²) < 4.78 is 5.64. The third-order valence-electron chi connectivity index (χ3n) is 2.87. The van der Waals surface area contributed by atoms with Crippen LogP contribution in [0.4, 0.5) is 0 Å². The van der Waals surface area contributed by atoms with E-state index in [2.05, 4.69) is 20.4 Å². The van der Waals surface area contributed by atoms with Crippen molar-refractivity contribution in [2.45, 2.75) is 32.8 Å². The maximum atomic E-state index is 9.91. The summed E-state index contributed by atoms with van der Waals surface area (Å²) in [6, 6.07) is 7.89. The van der Waals surface area contributed by atoms with E-state index in [1.54, 1.807) is 6.08 Å². The Bertz CT molecular complexity index is 348. The molecular weight excluding hydrogens is 212 g/mol.